The number of aryl methyl sites for hydroxylation is 1. The number of hydrogen-bond donors (Lipinski definition) is 1. The fourth-order valence-electron chi connectivity index (χ4n) is 4.13. The minimum absolute atomic E-state index is 0.0559. The van der Waals surface area contributed by atoms with Crippen LogP contribution in [0.5, 0.6) is 0 Å². The molecule has 4 rings (SSSR count). The van der Waals surface area contributed by atoms with Gasteiger partial charge in [0.15, 0.2) is 5.17 Å². The number of nitrogens with one attached hydrogen (secondary N) is 1. The summed E-state index contributed by atoms with van der Waals surface area (Å²) in [4.78, 5) is 27.6. The third kappa shape index (κ3) is 5.90. The maximum Gasteiger partial charge on any atom is 0.284 e. The molecule has 10 heteroatoms. The molecule has 180 valence electrons. The quantitative estimate of drug-likeness (QED) is 0.527. The molecule has 1 N–H and O–H groups in total. The number of sulfonamides is 1. The highest BCUT2D eigenvalue weighted by Crippen LogP contribution is 2.36. The van der Waals surface area contributed by atoms with Crippen molar-refractivity contribution in [2.45, 2.75) is 61.6 Å². The van der Waals surface area contributed by atoms with Crippen LogP contribution in [0, 0.1) is 6.92 Å². The Balaban J connectivity index is 1.57. The number of carbonyl (C=O) groups excluding carboxylic acids is 2. The number of rotatable bonds is 6. The first kappa shape index (κ1) is 24.9. The molecule has 2 fully saturated rings. The van der Waals surface area contributed by atoms with E-state index >= 15 is 0 Å². The SMILES string of the molecule is Cc1ccc(NC(=O)CC2SC(=NS(=O)(=O)c3ccc(Br)cc3)N(C3CCCCC3)C2=O)cc1. The zero-order valence-corrected chi connectivity index (χ0v) is 22.0. The first-order valence-electron chi connectivity index (χ1n) is 11.2. The summed E-state index contributed by atoms with van der Waals surface area (Å²) < 4.78 is 30.8. The predicted octanol–water partition coefficient (Wildman–Crippen LogP) is 5.11. The summed E-state index contributed by atoms with van der Waals surface area (Å²) in [6.45, 7) is 1.96. The zero-order chi connectivity index (χ0) is 24.3. The Morgan fingerprint density at radius 1 is 1.09 bits per heavy atom. The van der Waals surface area contributed by atoms with Crippen LogP contribution in [0.1, 0.15) is 44.1 Å². The Bertz CT molecular complexity index is 1190. The van der Waals surface area contributed by atoms with E-state index in [4.69, 9.17) is 0 Å². The Morgan fingerprint density at radius 3 is 2.38 bits per heavy atom. The number of thioether (sulfide) groups is 1. The van der Waals surface area contributed by atoms with Gasteiger partial charge in [0.1, 0.15) is 5.25 Å². The molecule has 34 heavy (non-hydrogen) atoms. The number of nitrogens with zero attached hydrogens (tertiary/aromatic N) is 2. The van der Waals surface area contributed by atoms with Gasteiger partial charge in [-0.2, -0.15) is 8.42 Å². The topological polar surface area (TPSA) is 95.9 Å². The van der Waals surface area contributed by atoms with Gasteiger partial charge < -0.3 is 5.32 Å². The Kier molecular flexibility index (Phi) is 7.79. The molecular formula is C24H26BrN3O4S2. The van der Waals surface area contributed by atoms with Gasteiger partial charge in [0.05, 0.1) is 4.90 Å². The summed E-state index contributed by atoms with van der Waals surface area (Å²) in [5.74, 6) is -0.545. The van der Waals surface area contributed by atoms with Crippen LogP contribution in [0.25, 0.3) is 0 Å². The molecule has 2 amide bonds. The predicted molar refractivity (Wildman–Crippen MR) is 138 cm³/mol. The van der Waals surface area contributed by atoms with Gasteiger partial charge in [0, 0.05) is 22.6 Å². The van der Waals surface area contributed by atoms with Crippen molar-refractivity contribution in [3.63, 3.8) is 0 Å². The van der Waals surface area contributed by atoms with E-state index in [1.807, 2.05) is 31.2 Å². The van der Waals surface area contributed by atoms with Crippen LogP contribution < -0.4 is 5.32 Å². The molecular weight excluding hydrogens is 538 g/mol. The molecule has 7 nitrogen and oxygen atoms in total. The molecule has 0 spiro atoms. The maximum absolute atomic E-state index is 13.4. The average Bonchev–Trinajstić information content (AvgIpc) is 3.10. The van der Waals surface area contributed by atoms with Gasteiger partial charge in [0.2, 0.25) is 11.8 Å². The highest BCUT2D eigenvalue weighted by molar-refractivity contribution is 9.10. The number of benzene rings is 2. The number of amidine groups is 1. The van der Waals surface area contributed by atoms with Gasteiger partial charge in [-0.15, -0.1) is 4.40 Å². The van der Waals surface area contributed by atoms with Gasteiger partial charge in [-0.3, -0.25) is 14.5 Å². The highest BCUT2D eigenvalue weighted by atomic mass is 79.9. The summed E-state index contributed by atoms with van der Waals surface area (Å²) in [5.41, 5.74) is 1.73. The smallest absolute Gasteiger partial charge is 0.284 e. The minimum atomic E-state index is -4.01. The van der Waals surface area contributed by atoms with E-state index in [2.05, 4.69) is 25.6 Å². The van der Waals surface area contributed by atoms with Crippen LogP contribution in [0.4, 0.5) is 5.69 Å². The van der Waals surface area contributed by atoms with Crippen LogP contribution in [-0.4, -0.2) is 41.6 Å². The van der Waals surface area contributed by atoms with Gasteiger partial charge in [0.25, 0.3) is 10.0 Å². The fraction of sp³-hybridized carbons (Fsp3) is 0.375. The van der Waals surface area contributed by atoms with Gasteiger partial charge in [-0.05, 0) is 56.2 Å². The van der Waals surface area contributed by atoms with Crippen molar-refractivity contribution in [2.24, 2.45) is 4.40 Å². The molecule has 1 saturated carbocycles. The molecule has 0 bridgehead atoms. The molecule has 0 aromatic heterocycles. The normalized spacial score (nSPS) is 20.6. The van der Waals surface area contributed by atoms with Crippen molar-refractivity contribution in [1.82, 2.24) is 4.90 Å². The monoisotopic (exact) mass is 563 g/mol. The lowest BCUT2D eigenvalue weighted by molar-refractivity contribution is -0.130. The van der Waals surface area contributed by atoms with Crippen LogP contribution in [0.15, 0.2) is 62.3 Å². The number of anilines is 1. The summed E-state index contributed by atoms with van der Waals surface area (Å²) in [6.07, 6.45) is 4.59. The standard InChI is InChI=1S/C24H26BrN3O4S2/c1-16-7-11-18(12-8-16)26-22(29)15-21-23(30)28(19-5-3-2-4-6-19)24(33-21)27-34(31,32)20-13-9-17(25)10-14-20/h7-14,19,21H,2-6,15H2,1H3,(H,26,29). The lowest BCUT2D eigenvalue weighted by atomic mass is 9.94. The number of hydrogen-bond acceptors (Lipinski definition) is 5. The number of halogens is 1. The summed E-state index contributed by atoms with van der Waals surface area (Å²) >= 11 is 4.37. The van der Waals surface area contributed by atoms with Crippen molar-refractivity contribution >= 4 is 60.4 Å². The van der Waals surface area contributed by atoms with Crippen LogP contribution in [0.2, 0.25) is 0 Å². The molecule has 2 aliphatic rings. The van der Waals surface area contributed by atoms with Crippen LogP contribution in [-0.2, 0) is 19.6 Å². The fourth-order valence-corrected chi connectivity index (χ4v) is 6.80. The first-order chi connectivity index (χ1) is 16.2. The van der Waals surface area contributed by atoms with E-state index in [-0.39, 0.29) is 34.3 Å². The van der Waals surface area contributed by atoms with Crippen molar-refractivity contribution < 1.29 is 18.0 Å². The largest absolute Gasteiger partial charge is 0.326 e. The van der Waals surface area contributed by atoms with Crippen molar-refractivity contribution in [3.8, 4) is 0 Å². The average molecular weight is 565 g/mol. The second kappa shape index (κ2) is 10.6. The molecule has 2 aromatic carbocycles. The molecule has 2 aromatic rings. The second-order valence-electron chi connectivity index (χ2n) is 8.53. The van der Waals surface area contributed by atoms with Crippen molar-refractivity contribution in [1.29, 1.82) is 0 Å². The molecule has 1 saturated heterocycles. The summed E-state index contributed by atoms with van der Waals surface area (Å²) in [5, 5.41) is 2.26. The van der Waals surface area contributed by atoms with E-state index in [9.17, 15) is 18.0 Å². The van der Waals surface area contributed by atoms with Crippen molar-refractivity contribution in [3.05, 3.63) is 58.6 Å². The van der Waals surface area contributed by atoms with Gasteiger partial charge in [-0.25, -0.2) is 0 Å². The highest BCUT2D eigenvalue weighted by Gasteiger charge is 2.43. The Hall–Kier alpha value is -2.17. The van der Waals surface area contributed by atoms with E-state index in [1.165, 1.54) is 17.0 Å². The molecule has 1 heterocycles. The maximum atomic E-state index is 13.4. The Labute approximate surface area is 212 Å². The second-order valence-corrected chi connectivity index (χ2v) is 12.2. The number of amides is 2. The molecule has 1 aliphatic carbocycles. The van der Waals surface area contributed by atoms with E-state index in [1.54, 1.807) is 12.1 Å². The zero-order valence-electron chi connectivity index (χ0n) is 18.7. The van der Waals surface area contributed by atoms with E-state index < -0.39 is 15.3 Å². The van der Waals surface area contributed by atoms with Crippen LogP contribution >= 0.6 is 27.7 Å². The van der Waals surface area contributed by atoms with Crippen LogP contribution in [0.3, 0.4) is 0 Å². The molecule has 1 aliphatic heterocycles. The van der Waals surface area contributed by atoms with Gasteiger partial charge in [-0.1, -0.05) is 64.7 Å². The minimum Gasteiger partial charge on any atom is -0.326 e. The summed E-state index contributed by atoms with van der Waals surface area (Å²) in [7, 11) is -4.01. The Morgan fingerprint density at radius 2 is 1.74 bits per heavy atom. The first-order valence-corrected chi connectivity index (χ1v) is 14.3. The third-order valence-electron chi connectivity index (χ3n) is 5.92. The number of carbonyl (C=O) groups is 2. The lowest BCUT2D eigenvalue weighted by Crippen LogP contribution is -2.42. The summed E-state index contributed by atoms with van der Waals surface area (Å²) in [6, 6.07) is 13.5. The lowest BCUT2D eigenvalue weighted by Gasteiger charge is -2.30. The molecule has 0 radical (unpaired) electrons. The third-order valence-corrected chi connectivity index (χ3v) is 9.00. The molecule has 1 unspecified atom stereocenters. The van der Waals surface area contributed by atoms with Crippen molar-refractivity contribution in [2.75, 3.05) is 5.32 Å². The molecule has 1 atom stereocenters. The van der Waals surface area contributed by atoms with E-state index in [0.29, 0.717) is 5.69 Å². The van der Waals surface area contributed by atoms with E-state index in [0.717, 1.165) is 53.9 Å². The van der Waals surface area contributed by atoms with Gasteiger partial charge >= 0.3 is 0 Å².